The maximum atomic E-state index is 12.1. The molecule has 1 aromatic heterocycles. The van der Waals surface area contributed by atoms with Gasteiger partial charge in [0.05, 0.1) is 19.3 Å². The van der Waals surface area contributed by atoms with Gasteiger partial charge in [0.15, 0.2) is 0 Å². The highest BCUT2D eigenvalue weighted by Gasteiger charge is 2.18. The van der Waals surface area contributed by atoms with E-state index in [1.165, 1.54) is 0 Å². The van der Waals surface area contributed by atoms with E-state index in [0.29, 0.717) is 24.9 Å². The lowest BCUT2D eigenvalue weighted by Crippen LogP contribution is -2.32. The maximum absolute atomic E-state index is 12.1. The summed E-state index contributed by atoms with van der Waals surface area (Å²) < 4.78 is 22.2. The lowest BCUT2D eigenvalue weighted by molar-refractivity contribution is -0.155. The van der Waals surface area contributed by atoms with Gasteiger partial charge in [-0.2, -0.15) is 4.98 Å². The molecule has 0 radical (unpaired) electrons. The van der Waals surface area contributed by atoms with Gasteiger partial charge in [0.2, 0.25) is 5.82 Å². The Morgan fingerprint density at radius 3 is 2.57 bits per heavy atom. The first-order chi connectivity index (χ1) is 16.5. The van der Waals surface area contributed by atoms with E-state index in [9.17, 15) is 4.79 Å². The minimum Gasteiger partial charge on any atom is -0.491 e. The molecule has 35 heavy (non-hydrogen) atoms. The monoisotopic (exact) mass is 481 g/mol. The van der Waals surface area contributed by atoms with Crippen LogP contribution >= 0.6 is 0 Å². The number of esters is 1. The third kappa shape index (κ3) is 7.90. The van der Waals surface area contributed by atoms with Crippen molar-refractivity contribution in [3.8, 4) is 28.6 Å². The number of hydrogen-bond acceptors (Lipinski definition) is 8. The van der Waals surface area contributed by atoms with Gasteiger partial charge in [0, 0.05) is 30.3 Å². The zero-order valence-electron chi connectivity index (χ0n) is 21.6. The van der Waals surface area contributed by atoms with Gasteiger partial charge in [-0.15, -0.1) is 0 Å². The Labute approximate surface area is 207 Å². The van der Waals surface area contributed by atoms with Crippen molar-refractivity contribution in [2.45, 2.75) is 59.5 Å². The van der Waals surface area contributed by atoms with Crippen LogP contribution < -0.4 is 4.74 Å². The number of nitrogens with zero attached hydrogens (tertiary/aromatic N) is 3. The van der Waals surface area contributed by atoms with Crippen LogP contribution in [0.3, 0.4) is 0 Å². The quantitative estimate of drug-likeness (QED) is 0.369. The summed E-state index contributed by atoms with van der Waals surface area (Å²) in [6.45, 7) is 10.7. The molecule has 0 unspecified atom stereocenters. The Hall–Kier alpha value is -3.23. The van der Waals surface area contributed by atoms with Gasteiger partial charge >= 0.3 is 5.97 Å². The summed E-state index contributed by atoms with van der Waals surface area (Å²) in [5.74, 6) is 1.43. The van der Waals surface area contributed by atoms with Crippen LogP contribution in [0.1, 0.15) is 45.7 Å². The van der Waals surface area contributed by atoms with Crippen LogP contribution in [0.4, 0.5) is 0 Å². The van der Waals surface area contributed by atoms with Crippen LogP contribution in [0, 0.1) is 0 Å². The van der Waals surface area contributed by atoms with Crippen LogP contribution in [0.25, 0.3) is 22.8 Å². The van der Waals surface area contributed by atoms with E-state index in [1.54, 1.807) is 7.11 Å². The van der Waals surface area contributed by atoms with Crippen LogP contribution in [0.2, 0.25) is 0 Å². The first-order valence-electron chi connectivity index (χ1n) is 11.7. The predicted octanol–water partition coefficient (Wildman–Crippen LogP) is 5.11. The average Bonchev–Trinajstić information content (AvgIpc) is 3.24. The molecule has 8 nitrogen and oxygen atoms in total. The van der Waals surface area contributed by atoms with Gasteiger partial charge < -0.3 is 18.7 Å². The van der Waals surface area contributed by atoms with Crippen molar-refractivity contribution in [1.82, 2.24) is 15.0 Å². The van der Waals surface area contributed by atoms with Crippen molar-refractivity contribution in [1.29, 1.82) is 0 Å². The average molecular weight is 482 g/mol. The van der Waals surface area contributed by atoms with E-state index < -0.39 is 5.60 Å². The third-order valence-electron chi connectivity index (χ3n) is 4.85. The van der Waals surface area contributed by atoms with Crippen molar-refractivity contribution in [3.63, 3.8) is 0 Å². The highest BCUT2D eigenvalue weighted by Crippen LogP contribution is 2.29. The smallest absolute Gasteiger partial charge is 0.320 e. The second-order valence-corrected chi connectivity index (χ2v) is 9.80. The van der Waals surface area contributed by atoms with E-state index in [2.05, 4.69) is 10.1 Å². The first kappa shape index (κ1) is 26.4. The zero-order valence-corrected chi connectivity index (χ0v) is 21.6. The number of carbonyl (C=O) groups excluding carboxylic acids is 1. The van der Waals surface area contributed by atoms with Gasteiger partial charge in [0.1, 0.15) is 11.4 Å². The van der Waals surface area contributed by atoms with Crippen LogP contribution in [0.5, 0.6) is 5.75 Å². The van der Waals surface area contributed by atoms with E-state index in [4.69, 9.17) is 18.7 Å². The van der Waals surface area contributed by atoms with Crippen molar-refractivity contribution in [2.24, 2.45) is 0 Å². The lowest BCUT2D eigenvalue weighted by Gasteiger charge is -2.22. The Kier molecular flexibility index (Phi) is 8.64. The number of aromatic nitrogens is 2. The first-order valence-corrected chi connectivity index (χ1v) is 11.7. The van der Waals surface area contributed by atoms with Gasteiger partial charge in [-0.05, 0) is 71.5 Å². The second-order valence-electron chi connectivity index (χ2n) is 9.80. The predicted molar refractivity (Wildman–Crippen MR) is 134 cm³/mol. The molecule has 0 atom stereocenters. The molecule has 188 valence electrons. The Bertz CT molecular complexity index is 1130. The van der Waals surface area contributed by atoms with Crippen LogP contribution in [-0.2, 0) is 27.4 Å². The van der Waals surface area contributed by atoms with Crippen molar-refractivity contribution in [3.05, 3.63) is 53.6 Å². The van der Waals surface area contributed by atoms with E-state index in [-0.39, 0.29) is 18.6 Å². The molecule has 0 saturated carbocycles. The summed E-state index contributed by atoms with van der Waals surface area (Å²) in [4.78, 5) is 18.6. The van der Waals surface area contributed by atoms with Crippen molar-refractivity contribution < 1.29 is 23.5 Å². The maximum Gasteiger partial charge on any atom is 0.320 e. The van der Waals surface area contributed by atoms with Gasteiger partial charge in [0.25, 0.3) is 5.89 Å². The molecule has 0 aliphatic carbocycles. The number of likely N-dealkylation sites (N-methyl/N-ethyl adjacent to an activating group) is 1. The number of ether oxygens (including phenoxy) is 3. The van der Waals surface area contributed by atoms with Gasteiger partial charge in [-0.25, -0.2) is 0 Å². The summed E-state index contributed by atoms with van der Waals surface area (Å²) in [6.07, 6.45) is 0.0573. The van der Waals surface area contributed by atoms with Crippen molar-refractivity contribution >= 4 is 5.97 Å². The van der Waals surface area contributed by atoms with Gasteiger partial charge in [-0.1, -0.05) is 23.4 Å². The lowest BCUT2D eigenvalue weighted by atomic mass is 10.1. The molecule has 0 saturated heterocycles. The number of benzene rings is 2. The number of rotatable bonds is 10. The second kappa shape index (κ2) is 11.5. The van der Waals surface area contributed by atoms with Crippen LogP contribution in [-0.4, -0.2) is 53.4 Å². The molecule has 0 amide bonds. The Balaban J connectivity index is 1.74. The molecule has 0 aliphatic heterocycles. The topological polar surface area (TPSA) is 86.9 Å². The van der Waals surface area contributed by atoms with E-state index in [0.717, 1.165) is 28.0 Å². The van der Waals surface area contributed by atoms with Gasteiger partial charge in [-0.3, -0.25) is 9.69 Å². The fourth-order valence-electron chi connectivity index (χ4n) is 3.58. The van der Waals surface area contributed by atoms with Crippen molar-refractivity contribution in [2.75, 3.05) is 20.7 Å². The molecule has 1 heterocycles. The standard InChI is InChI=1S/C27H35N3O5/c1-18(2)33-23-12-11-21(14-22(23)17-32-7)26-28-25(29-35-26)20-10-8-9-19(13-20)15-30(6)16-24(31)34-27(3,4)5/h8-14,18H,15-17H2,1-7H3. The summed E-state index contributed by atoms with van der Waals surface area (Å²) >= 11 is 0. The molecule has 3 aromatic rings. The largest absolute Gasteiger partial charge is 0.491 e. The molecular formula is C27H35N3O5. The zero-order chi connectivity index (χ0) is 25.6. The Morgan fingerprint density at radius 1 is 1.11 bits per heavy atom. The highest BCUT2D eigenvalue weighted by atomic mass is 16.6. The molecule has 3 rings (SSSR count). The number of hydrogen-bond donors (Lipinski definition) is 0. The summed E-state index contributed by atoms with van der Waals surface area (Å²) in [5, 5.41) is 4.18. The Morgan fingerprint density at radius 2 is 1.89 bits per heavy atom. The summed E-state index contributed by atoms with van der Waals surface area (Å²) in [5.41, 5.74) is 3.06. The fourth-order valence-corrected chi connectivity index (χ4v) is 3.58. The minimum atomic E-state index is -0.500. The molecule has 2 aromatic carbocycles. The molecule has 0 aliphatic rings. The number of carbonyl (C=O) groups is 1. The minimum absolute atomic E-state index is 0.0573. The molecule has 0 N–H and O–H groups in total. The highest BCUT2D eigenvalue weighted by molar-refractivity contribution is 5.72. The number of methoxy groups -OCH3 is 1. The normalized spacial score (nSPS) is 11.8. The summed E-state index contributed by atoms with van der Waals surface area (Å²) in [7, 11) is 3.53. The molecule has 0 bridgehead atoms. The van der Waals surface area contributed by atoms with Crippen LogP contribution in [0.15, 0.2) is 47.0 Å². The van der Waals surface area contributed by atoms with E-state index in [1.807, 2.05) is 89.0 Å². The molecule has 0 spiro atoms. The molecule has 0 fully saturated rings. The summed E-state index contributed by atoms with van der Waals surface area (Å²) in [6, 6.07) is 13.6. The third-order valence-corrected chi connectivity index (χ3v) is 4.85. The fraction of sp³-hybridized carbons (Fsp3) is 0.444. The molecule has 8 heteroatoms. The SMILES string of the molecule is COCc1cc(-c2nc(-c3cccc(CN(C)CC(=O)OC(C)(C)C)c3)no2)ccc1OC(C)C. The van der Waals surface area contributed by atoms with E-state index >= 15 is 0 Å². The molecular weight excluding hydrogens is 446 g/mol.